The van der Waals surface area contributed by atoms with Crippen molar-refractivity contribution in [2.45, 2.75) is 76.2 Å². The number of nitrogens with one attached hydrogen (secondary N) is 1. The summed E-state index contributed by atoms with van der Waals surface area (Å²) in [6.45, 7) is 3.58. The number of aliphatic hydroxyl groups is 3. The van der Waals surface area contributed by atoms with E-state index in [0.29, 0.717) is 26.4 Å². The largest absolute Gasteiger partial charge is 0.394 e. The van der Waals surface area contributed by atoms with Gasteiger partial charge in [0.2, 0.25) is 5.91 Å². The van der Waals surface area contributed by atoms with Gasteiger partial charge in [0.1, 0.15) is 36.6 Å². The van der Waals surface area contributed by atoms with Crippen LogP contribution in [0, 0.1) is 5.92 Å². The van der Waals surface area contributed by atoms with Crippen LogP contribution in [0.4, 0.5) is 0 Å². The van der Waals surface area contributed by atoms with E-state index in [4.69, 9.17) is 37.9 Å². The van der Waals surface area contributed by atoms with Gasteiger partial charge in [0.05, 0.1) is 79.3 Å². The van der Waals surface area contributed by atoms with Crippen molar-refractivity contribution in [3.63, 3.8) is 0 Å². The van der Waals surface area contributed by atoms with Gasteiger partial charge in [-0.2, -0.15) is 0 Å². The highest BCUT2D eigenvalue weighted by Crippen LogP contribution is 2.23. The van der Waals surface area contributed by atoms with Gasteiger partial charge in [0.15, 0.2) is 6.29 Å². The second-order valence-electron chi connectivity index (χ2n) is 14.5. The standard InChI is InChI=1S/C46H59NO12/c1-34(49)47-43-45(51)44(50)42(22-48)59-46(43)58-29-39(27-56-40(30-52-23-35-14-6-2-7-15-35)31-53-24-36-16-8-3-9-17-36)28-57-41(32-54-25-37-18-10-4-11-19-37)33-55-26-38-20-12-5-13-21-38/h2-21,39-46,48,50-51H,22-33H2,1H3,(H,47,49)/t42-,43-,44-,45-,46+/m1/s1. The number of amides is 1. The smallest absolute Gasteiger partial charge is 0.217 e. The summed E-state index contributed by atoms with van der Waals surface area (Å²) in [5, 5.41) is 33.9. The van der Waals surface area contributed by atoms with Gasteiger partial charge in [-0.25, -0.2) is 0 Å². The minimum Gasteiger partial charge on any atom is -0.394 e. The number of ether oxygens (including phenoxy) is 8. The molecule has 1 fully saturated rings. The van der Waals surface area contributed by atoms with E-state index in [0.717, 1.165) is 22.3 Å². The highest BCUT2D eigenvalue weighted by molar-refractivity contribution is 5.73. The Bertz CT molecular complexity index is 1500. The van der Waals surface area contributed by atoms with Crippen molar-refractivity contribution in [2.75, 3.05) is 52.9 Å². The lowest BCUT2D eigenvalue weighted by molar-refractivity contribution is -0.274. The van der Waals surface area contributed by atoms with Crippen molar-refractivity contribution in [1.82, 2.24) is 5.32 Å². The van der Waals surface area contributed by atoms with Crippen molar-refractivity contribution in [1.29, 1.82) is 0 Å². The van der Waals surface area contributed by atoms with E-state index in [1.165, 1.54) is 6.92 Å². The number of hydrogen-bond donors (Lipinski definition) is 4. The molecule has 1 aliphatic heterocycles. The first-order valence-electron chi connectivity index (χ1n) is 20.1. The molecule has 0 spiro atoms. The van der Waals surface area contributed by atoms with Crippen LogP contribution in [-0.4, -0.2) is 117 Å². The Morgan fingerprint density at radius 2 is 0.949 bits per heavy atom. The number of benzene rings is 4. The molecular formula is C46H59NO12. The molecule has 320 valence electrons. The minimum atomic E-state index is -1.46. The summed E-state index contributed by atoms with van der Waals surface area (Å²) in [5.74, 6) is -0.878. The van der Waals surface area contributed by atoms with E-state index in [-0.39, 0.29) is 46.2 Å². The van der Waals surface area contributed by atoms with E-state index in [1.807, 2.05) is 121 Å². The van der Waals surface area contributed by atoms with Gasteiger partial charge >= 0.3 is 0 Å². The maximum atomic E-state index is 12.1. The van der Waals surface area contributed by atoms with E-state index >= 15 is 0 Å². The Hall–Kier alpha value is -4.09. The molecule has 0 radical (unpaired) electrons. The first kappa shape index (κ1) is 46.0. The second-order valence-corrected chi connectivity index (χ2v) is 14.5. The van der Waals surface area contributed by atoms with E-state index in [1.54, 1.807) is 0 Å². The highest BCUT2D eigenvalue weighted by atomic mass is 16.7. The molecule has 1 amide bonds. The third kappa shape index (κ3) is 16.8. The monoisotopic (exact) mass is 817 g/mol. The summed E-state index contributed by atoms with van der Waals surface area (Å²) < 4.78 is 49.4. The van der Waals surface area contributed by atoms with Gasteiger partial charge in [-0.3, -0.25) is 4.79 Å². The molecule has 4 N–H and O–H groups in total. The van der Waals surface area contributed by atoms with Gasteiger partial charge in [0, 0.05) is 12.8 Å². The van der Waals surface area contributed by atoms with Crippen LogP contribution in [0.1, 0.15) is 29.2 Å². The average Bonchev–Trinajstić information content (AvgIpc) is 3.26. The molecule has 4 aromatic rings. The van der Waals surface area contributed by atoms with Crippen LogP contribution in [0.15, 0.2) is 121 Å². The molecule has 5 atom stereocenters. The number of hydrogen-bond acceptors (Lipinski definition) is 12. The summed E-state index contributed by atoms with van der Waals surface area (Å²) in [6.07, 6.45) is -6.15. The molecule has 0 saturated carbocycles. The van der Waals surface area contributed by atoms with Gasteiger partial charge in [-0.1, -0.05) is 121 Å². The van der Waals surface area contributed by atoms with Crippen LogP contribution in [-0.2, 0) is 69.1 Å². The number of aliphatic hydroxyl groups excluding tert-OH is 3. The maximum absolute atomic E-state index is 12.1. The normalized spacial score (nSPS) is 19.4. The topological polar surface area (TPSA) is 164 Å². The summed E-state index contributed by atoms with van der Waals surface area (Å²) in [6, 6.07) is 38.4. The van der Waals surface area contributed by atoms with Crippen LogP contribution in [0.5, 0.6) is 0 Å². The molecule has 13 heteroatoms. The zero-order valence-electron chi connectivity index (χ0n) is 33.7. The number of rotatable bonds is 27. The minimum absolute atomic E-state index is 0.00730. The van der Waals surface area contributed by atoms with Gasteiger partial charge in [-0.05, 0) is 22.3 Å². The molecule has 5 rings (SSSR count). The Morgan fingerprint density at radius 1 is 0.576 bits per heavy atom. The highest BCUT2D eigenvalue weighted by Gasteiger charge is 2.45. The fourth-order valence-electron chi connectivity index (χ4n) is 6.35. The second kappa shape index (κ2) is 26.2. The Morgan fingerprint density at radius 3 is 1.29 bits per heavy atom. The Balaban J connectivity index is 1.28. The third-order valence-electron chi connectivity index (χ3n) is 9.54. The Labute approximate surface area is 347 Å². The SMILES string of the molecule is CC(=O)N[C@H]1[C@@H](OCC(COC(COCc2ccccc2)COCc2ccccc2)COC(COCc2ccccc2)COCc2ccccc2)O[C@H](CO)[C@@H](O)[C@@H]1O. The molecule has 13 nitrogen and oxygen atoms in total. The summed E-state index contributed by atoms with van der Waals surface area (Å²) in [7, 11) is 0. The molecule has 1 heterocycles. The third-order valence-corrected chi connectivity index (χ3v) is 9.54. The van der Waals surface area contributed by atoms with Crippen LogP contribution in [0.2, 0.25) is 0 Å². The zero-order chi connectivity index (χ0) is 41.5. The first-order chi connectivity index (χ1) is 28.9. The number of carbonyl (C=O) groups is 1. The van der Waals surface area contributed by atoms with Crippen molar-refractivity contribution in [3.8, 4) is 0 Å². The van der Waals surface area contributed by atoms with Crippen LogP contribution in [0.3, 0.4) is 0 Å². The first-order valence-corrected chi connectivity index (χ1v) is 20.1. The maximum Gasteiger partial charge on any atom is 0.217 e. The molecule has 0 aliphatic carbocycles. The average molecular weight is 818 g/mol. The molecule has 1 aliphatic rings. The fourth-order valence-corrected chi connectivity index (χ4v) is 6.35. The lowest BCUT2D eigenvalue weighted by Gasteiger charge is -2.42. The quantitative estimate of drug-likeness (QED) is 0.0680. The molecule has 59 heavy (non-hydrogen) atoms. The van der Waals surface area contributed by atoms with E-state index in [9.17, 15) is 20.1 Å². The van der Waals surface area contributed by atoms with Gasteiger partial charge in [-0.15, -0.1) is 0 Å². The summed E-state index contributed by atoms with van der Waals surface area (Å²) >= 11 is 0. The van der Waals surface area contributed by atoms with Gasteiger partial charge in [0.25, 0.3) is 0 Å². The lowest BCUT2D eigenvalue weighted by atomic mass is 9.97. The van der Waals surface area contributed by atoms with Crippen molar-refractivity contribution in [3.05, 3.63) is 144 Å². The van der Waals surface area contributed by atoms with E-state index in [2.05, 4.69) is 5.32 Å². The zero-order valence-corrected chi connectivity index (χ0v) is 33.7. The van der Waals surface area contributed by atoms with Crippen molar-refractivity contribution in [2.24, 2.45) is 5.92 Å². The molecule has 0 unspecified atom stereocenters. The molecular weight excluding hydrogens is 759 g/mol. The molecule has 1 saturated heterocycles. The fraction of sp³-hybridized carbons (Fsp3) is 0.457. The predicted molar refractivity (Wildman–Crippen MR) is 219 cm³/mol. The Kier molecular flexibility index (Phi) is 20.4. The van der Waals surface area contributed by atoms with Crippen LogP contribution >= 0.6 is 0 Å². The molecule has 0 bridgehead atoms. The molecule has 0 aromatic heterocycles. The summed E-state index contributed by atoms with van der Waals surface area (Å²) in [4.78, 5) is 12.1. The van der Waals surface area contributed by atoms with E-state index < -0.39 is 61.3 Å². The predicted octanol–water partition coefficient (Wildman–Crippen LogP) is 4.20. The summed E-state index contributed by atoms with van der Waals surface area (Å²) in [5.41, 5.74) is 4.11. The van der Waals surface area contributed by atoms with Crippen molar-refractivity contribution >= 4 is 5.91 Å². The van der Waals surface area contributed by atoms with Gasteiger partial charge < -0.3 is 58.5 Å². The van der Waals surface area contributed by atoms with Crippen molar-refractivity contribution < 1.29 is 58.0 Å². The number of carbonyl (C=O) groups excluding carboxylic acids is 1. The van der Waals surface area contributed by atoms with Crippen LogP contribution in [0.25, 0.3) is 0 Å². The molecule has 4 aromatic carbocycles. The lowest BCUT2D eigenvalue weighted by Crippen LogP contribution is -2.64. The van der Waals surface area contributed by atoms with Crippen LogP contribution < -0.4 is 5.32 Å².